The highest BCUT2D eigenvalue weighted by atomic mass is 19.1. The van der Waals surface area contributed by atoms with Gasteiger partial charge in [0.05, 0.1) is 0 Å². The molecule has 0 saturated heterocycles. The largest absolute Gasteiger partial charge is 0.207 e. The predicted molar refractivity (Wildman–Crippen MR) is 61.4 cm³/mol. The molecule has 0 amide bonds. The second-order valence-electron chi connectivity index (χ2n) is 5.21. The van der Waals surface area contributed by atoms with Gasteiger partial charge < -0.3 is 0 Å². The summed E-state index contributed by atoms with van der Waals surface area (Å²) in [6.45, 7) is 8.88. The van der Waals surface area contributed by atoms with E-state index in [0.29, 0.717) is 17.8 Å². The Labute approximate surface area is 91.5 Å². The van der Waals surface area contributed by atoms with Crippen LogP contribution in [0.1, 0.15) is 37.8 Å². The summed E-state index contributed by atoms with van der Waals surface area (Å²) in [4.78, 5) is 0. The molecule has 1 aliphatic rings. The van der Waals surface area contributed by atoms with Gasteiger partial charge in [0.1, 0.15) is 5.82 Å². The Bertz CT molecular complexity index is 368. The Hall–Kier alpha value is -0.850. The molecule has 15 heavy (non-hydrogen) atoms. The van der Waals surface area contributed by atoms with E-state index in [1.54, 1.807) is 12.1 Å². The molecule has 1 fully saturated rings. The second-order valence-corrected chi connectivity index (χ2v) is 5.21. The van der Waals surface area contributed by atoms with E-state index < -0.39 is 0 Å². The number of hydrogen-bond acceptors (Lipinski definition) is 0. The van der Waals surface area contributed by atoms with Crippen LogP contribution in [0.2, 0.25) is 0 Å². The van der Waals surface area contributed by atoms with Gasteiger partial charge in [0.15, 0.2) is 0 Å². The second kappa shape index (κ2) is 3.62. The van der Waals surface area contributed by atoms with E-state index in [9.17, 15) is 4.39 Å². The topological polar surface area (TPSA) is 0 Å². The minimum atomic E-state index is -0.0998. The standard InChI is InChI=1S/C14H19F/c1-8(2)13-10(4)14(13)12-7-11(15)6-5-9(12)3/h5-8,10,13-14H,1-4H3. The monoisotopic (exact) mass is 206 g/mol. The first-order valence-electron chi connectivity index (χ1n) is 5.78. The van der Waals surface area contributed by atoms with Crippen LogP contribution in [0.15, 0.2) is 18.2 Å². The van der Waals surface area contributed by atoms with E-state index in [4.69, 9.17) is 0 Å². The average molecular weight is 206 g/mol. The van der Waals surface area contributed by atoms with Crippen LogP contribution < -0.4 is 0 Å². The van der Waals surface area contributed by atoms with Crippen LogP contribution in [-0.2, 0) is 0 Å². The Kier molecular flexibility index (Phi) is 2.57. The van der Waals surface area contributed by atoms with Gasteiger partial charge in [-0.2, -0.15) is 0 Å². The van der Waals surface area contributed by atoms with Crippen LogP contribution >= 0.6 is 0 Å². The van der Waals surface area contributed by atoms with Crippen molar-refractivity contribution in [2.24, 2.45) is 17.8 Å². The SMILES string of the molecule is Cc1ccc(F)cc1C1C(C)C1C(C)C. The zero-order valence-corrected chi connectivity index (χ0v) is 9.92. The molecule has 1 aromatic carbocycles. The number of benzene rings is 1. The Balaban J connectivity index is 2.28. The fourth-order valence-electron chi connectivity index (χ4n) is 2.98. The lowest BCUT2D eigenvalue weighted by molar-refractivity contribution is 0.523. The quantitative estimate of drug-likeness (QED) is 0.682. The molecule has 3 unspecified atom stereocenters. The lowest BCUT2D eigenvalue weighted by Gasteiger charge is -2.07. The van der Waals surface area contributed by atoms with Crippen molar-refractivity contribution in [3.8, 4) is 0 Å². The predicted octanol–water partition coefficient (Wildman–Crippen LogP) is 4.14. The molecule has 0 radical (unpaired) electrons. The molecule has 0 aliphatic heterocycles. The molecule has 0 heterocycles. The van der Waals surface area contributed by atoms with Crippen molar-refractivity contribution >= 4 is 0 Å². The lowest BCUT2D eigenvalue weighted by Crippen LogP contribution is -1.95. The molecule has 0 spiro atoms. The number of hydrogen-bond donors (Lipinski definition) is 0. The summed E-state index contributed by atoms with van der Waals surface area (Å²) in [5.74, 6) is 2.64. The molecular weight excluding hydrogens is 187 g/mol. The van der Waals surface area contributed by atoms with Gasteiger partial charge in [-0.05, 0) is 53.9 Å². The Morgan fingerprint density at radius 1 is 1.27 bits per heavy atom. The van der Waals surface area contributed by atoms with Gasteiger partial charge in [0, 0.05) is 0 Å². The number of rotatable bonds is 2. The maximum absolute atomic E-state index is 13.2. The third-order valence-electron chi connectivity index (χ3n) is 3.82. The summed E-state index contributed by atoms with van der Waals surface area (Å²) < 4.78 is 13.2. The van der Waals surface area contributed by atoms with Crippen molar-refractivity contribution in [2.75, 3.05) is 0 Å². The van der Waals surface area contributed by atoms with Gasteiger partial charge in [-0.1, -0.05) is 26.8 Å². The van der Waals surface area contributed by atoms with E-state index in [2.05, 4.69) is 27.7 Å². The molecule has 1 aromatic rings. The molecule has 2 rings (SSSR count). The first-order valence-corrected chi connectivity index (χ1v) is 5.78. The van der Waals surface area contributed by atoms with E-state index in [1.807, 2.05) is 6.07 Å². The molecule has 0 aromatic heterocycles. The Morgan fingerprint density at radius 3 is 2.47 bits per heavy atom. The summed E-state index contributed by atoms with van der Waals surface area (Å²) in [7, 11) is 0. The van der Waals surface area contributed by atoms with Crippen LogP contribution in [0.3, 0.4) is 0 Å². The van der Waals surface area contributed by atoms with Crippen molar-refractivity contribution in [1.82, 2.24) is 0 Å². The molecule has 0 N–H and O–H groups in total. The van der Waals surface area contributed by atoms with E-state index in [1.165, 1.54) is 11.1 Å². The minimum absolute atomic E-state index is 0.0998. The molecule has 0 nitrogen and oxygen atoms in total. The first kappa shape index (κ1) is 10.7. The van der Waals surface area contributed by atoms with Gasteiger partial charge in [-0.15, -0.1) is 0 Å². The number of halogens is 1. The molecule has 0 bridgehead atoms. The lowest BCUT2D eigenvalue weighted by atomic mass is 9.99. The van der Waals surface area contributed by atoms with Crippen LogP contribution in [0.25, 0.3) is 0 Å². The van der Waals surface area contributed by atoms with Crippen LogP contribution in [0.5, 0.6) is 0 Å². The first-order chi connectivity index (χ1) is 7.02. The summed E-state index contributed by atoms with van der Waals surface area (Å²) in [6.07, 6.45) is 0. The molecular formula is C14H19F. The van der Waals surface area contributed by atoms with Crippen LogP contribution in [0.4, 0.5) is 4.39 Å². The summed E-state index contributed by atoms with van der Waals surface area (Å²) in [5.41, 5.74) is 2.46. The highest BCUT2D eigenvalue weighted by Gasteiger charge is 2.49. The van der Waals surface area contributed by atoms with E-state index in [0.717, 1.165) is 5.92 Å². The van der Waals surface area contributed by atoms with Gasteiger partial charge in [-0.25, -0.2) is 4.39 Å². The molecule has 1 aliphatic carbocycles. The highest BCUT2D eigenvalue weighted by molar-refractivity contribution is 5.35. The van der Waals surface area contributed by atoms with Crippen LogP contribution in [0, 0.1) is 30.5 Å². The zero-order valence-electron chi connectivity index (χ0n) is 9.92. The Morgan fingerprint density at radius 2 is 1.93 bits per heavy atom. The third-order valence-corrected chi connectivity index (χ3v) is 3.82. The molecule has 1 saturated carbocycles. The van der Waals surface area contributed by atoms with Crippen molar-refractivity contribution in [3.63, 3.8) is 0 Å². The van der Waals surface area contributed by atoms with E-state index >= 15 is 0 Å². The van der Waals surface area contributed by atoms with Crippen molar-refractivity contribution in [3.05, 3.63) is 35.1 Å². The average Bonchev–Trinajstić information content (AvgIpc) is 2.82. The van der Waals surface area contributed by atoms with Crippen molar-refractivity contribution in [2.45, 2.75) is 33.6 Å². The molecule has 3 atom stereocenters. The maximum Gasteiger partial charge on any atom is 0.123 e. The normalized spacial score (nSPS) is 29.6. The van der Waals surface area contributed by atoms with Gasteiger partial charge in [-0.3, -0.25) is 0 Å². The minimum Gasteiger partial charge on any atom is -0.207 e. The van der Waals surface area contributed by atoms with Gasteiger partial charge in [0.25, 0.3) is 0 Å². The van der Waals surface area contributed by atoms with Gasteiger partial charge >= 0.3 is 0 Å². The highest BCUT2D eigenvalue weighted by Crippen LogP contribution is 2.57. The third kappa shape index (κ3) is 1.80. The van der Waals surface area contributed by atoms with Crippen molar-refractivity contribution in [1.29, 1.82) is 0 Å². The zero-order chi connectivity index (χ0) is 11.2. The van der Waals surface area contributed by atoms with Crippen LogP contribution in [-0.4, -0.2) is 0 Å². The van der Waals surface area contributed by atoms with Crippen molar-refractivity contribution < 1.29 is 4.39 Å². The van der Waals surface area contributed by atoms with Gasteiger partial charge in [0.2, 0.25) is 0 Å². The number of aryl methyl sites for hydroxylation is 1. The maximum atomic E-state index is 13.2. The summed E-state index contributed by atoms with van der Waals surface area (Å²) in [6, 6.07) is 5.17. The molecule has 82 valence electrons. The summed E-state index contributed by atoms with van der Waals surface area (Å²) >= 11 is 0. The van der Waals surface area contributed by atoms with E-state index in [-0.39, 0.29) is 5.82 Å². The molecule has 1 heteroatoms. The summed E-state index contributed by atoms with van der Waals surface area (Å²) in [5, 5.41) is 0. The fourth-order valence-corrected chi connectivity index (χ4v) is 2.98. The smallest absolute Gasteiger partial charge is 0.123 e. The fraction of sp³-hybridized carbons (Fsp3) is 0.571.